The van der Waals surface area contributed by atoms with Crippen LogP contribution in [0.1, 0.15) is 16.8 Å². The summed E-state index contributed by atoms with van der Waals surface area (Å²) in [5.74, 6) is 0. The Balaban J connectivity index is 2.53. The van der Waals surface area contributed by atoms with Crippen molar-refractivity contribution in [3.8, 4) is 0 Å². The predicted molar refractivity (Wildman–Crippen MR) is 72.4 cm³/mol. The number of hydrogen-bond donors (Lipinski definition) is 0. The molecule has 0 unspecified atom stereocenters. The van der Waals surface area contributed by atoms with Crippen molar-refractivity contribution < 1.29 is 4.39 Å². The fourth-order valence-electron chi connectivity index (χ4n) is 2.67. The molecule has 0 saturated carbocycles. The molecule has 0 aromatic heterocycles. The summed E-state index contributed by atoms with van der Waals surface area (Å²) < 4.78 is 1.40. The lowest BCUT2D eigenvalue weighted by atomic mass is 10.1. The van der Waals surface area contributed by atoms with Gasteiger partial charge in [-0.3, -0.25) is 0 Å². The van der Waals surface area contributed by atoms with E-state index < -0.39 is 8.07 Å². The molecule has 0 N–H and O–H groups in total. The molecule has 1 aliphatic rings. The van der Waals surface area contributed by atoms with Crippen LogP contribution in [0, 0.1) is 0 Å². The van der Waals surface area contributed by atoms with Gasteiger partial charge in [0.2, 0.25) is 0 Å². The van der Waals surface area contributed by atoms with E-state index in [9.17, 15) is 0 Å². The van der Waals surface area contributed by atoms with Crippen molar-refractivity contribution in [1.29, 1.82) is 0 Å². The number of rotatable bonds is 1. The zero-order valence-electron chi connectivity index (χ0n) is 9.54. The van der Waals surface area contributed by atoms with Crippen molar-refractivity contribution in [2.45, 2.75) is 31.9 Å². The standard InChI is InChI=1S/C12H22BNSi/c1-14(13)9-10-7-5-6-8-11(10)12(14)15(2,3)4/h5-8,12H,9H2,1-4,13H3/t12-,14+/m0/s1. The molecule has 1 aromatic rings. The summed E-state index contributed by atoms with van der Waals surface area (Å²) in [5, 5.41) is 0. The molecule has 0 bridgehead atoms. The number of quaternary nitrogens is 1. The molecule has 1 aromatic carbocycles. The largest absolute Gasteiger partial charge is 0.518 e. The molecule has 0 saturated heterocycles. The molecular formula is C12H22BNSi. The first-order valence-electron chi connectivity index (χ1n) is 5.28. The molecular weight excluding hydrogens is 197 g/mol. The topological polar surface area (TPSA) is 0 Å². The summed E-state index contributed by atoms with van der Waals surface area (Å²) in [4.78, 5) is 0. The van der Waals surface area contributed by atoms with E-state index >= 15 is 0 Å². The van der Waals surface area contributed by atoms with Gasteiger partial charge >= 0.3 is 0 Å². The van der Waals surface area contributed by atoms with E-state index in [1.165, 1.54) is 10.9 Å². The molecule has 0 spiro atoms. The Bertz CT molecular complexity index is 381. The van der Waals surface area contributed by atoms with Crippen molar-refractivity contribution in [2.75, 3.05) is 7.05 Å². The maximum atomic E-state index is 2.53. The van der Waals surface area contributed by atoms with Crippen molar-refractivity contribution in [2.24, 2.45) is 0 Å². The van der Waals surface area contributed by atoms with Crippen molar-refractivity contribution in [1.82, 2.24) is 0 Å². The molecule has 2 rings (SSSR count). The minimum Gasteiger partial charge on any atom is -0.518 e. The zero-order chi connectivity index (χ0) is 11.3. The van der Waals surface area contributed by atoms with Crippen LogP contribution < -0.4 is 0 Å². The SMILES string of the molecule is [BH3-][N@+]1(C)Cc2ccccc2[C@@H]1[Si](C)(C)C. The van der Waals surface area contributed by atoms with E-state index in [2.05, 4.69) is 51.0 Å². The highest BCUT2D eigenvalue weighted by molar-refractivity contribution is 6.77. The van der Waals surface area contributed by atoms with Crippen LogP contribution in [-0.4, -0.2) is 27.5 Å². The highest BCUT2D eigenvalue weighted by Crippen LogP contribution is 2.42. The van der Waals surface area contributed by atoms with Crippen LogP contribution in [0.5, 0.6) is 0 Å². The van der Waals surface area contributed by atoms with Gasteiger partial charge in [-0.15, -0.1) is 0 Å². The molecule has 15 heavy (non-hydrogen) atoms. The Morgan fingerprint density at radius 2 is 1.87 bits per heavy atom. The lowest BCUT2D eigenvalue weighted by Crippen LogP contribution is -2.50. The van der Waals surface area contributed by atoms with Crippen LogP contribution in [-0.2, 0) is 6.54 Å². The van der Waals surface area contributed by atoms with Gasteiger partial charge in [0.05, 0.1) is 12.2 Å². The molecule has 1 heterocycles. The molecule has 3 heteroatoms. The number of fused-ring (bicyclic) bond motifs is 1. The first kappa shape index (κ1) is 11.0. The third-order valence-corrected chi connectivity index (χ3v) is 5.42. The molecule has 0 fully saturated rings. The normalized spacial score (nSPS) is 30.3. The fourth-order valence-corrected chi connectivity index (χ4v) is 5.30. The minimum absolute atomic E-state index is 0.352. The van der Waals surface area contributed by atoms with E-state index in [0.29, 0.717) is 7.98 Å². The Labute approximate surface area is 95.1 Å². The van der Waals surface area contributed by atoms with E-state index in [1.807, 2.05) is 0 Å². The quantitative estimate of drug-likeness (QED) is 0.632. The molecule has 0 radical (unpaired) electrons. The molecule has 1 nitrogen and oxygen atoms in total. The monoisotopic (exact) mass is 219 g/mol. The summed E-state index contributed by atoms with van der Waals surface area (Å²) in [5.41, 5.74) is 4.17. The lowest BCUT2D eigenvalue weighted by molar-refractivity contribution is -0.822. The summed E-state index contributed by atoms with van der Waals surface area (Å²) >= 11 is 0. The number of nitrogens with zero attached hydrogens (tertiary/aromatic N) is 1. The summed E-state index contributed by atoms with van der Waals surface area (Å²) in [6.45, 7) is 8.89. The van der Waals surface area contributed by atoms with Crippen LogP contribution in [0.2, 0.25) is 19.6 Å². The third kappa shape index (κ3) is 1.79. The second-order valence-corrected chi connectivity index (χ2v) is 10.7. The van der Waals surface area contributed by atoms with Gasteiger partial charge in [-0.05, 0) is 0 Å². The van der Waals surface area contributed by atoms with Gasteiger partial charge in [-0.25, -0.2) is 0 Å². The maximum absolute atomic E-state index is 2.53. The van der Waals surface area contributed by atoms with Crippen LogP contribution in [0.3, 0.4) is 0 Å². The van der Waals surface area contributed by atoms with Gasteiger partial charge in [0.1, 0.15) is 8.07 Å². The average Bonchev–Trinajstić information content (AvgIpc) is 2.32. The second kappa shape index (κ2) is 3.22. The summed E-state index contributed by atoms with van der Waals surface area (Å²) in [6, 6.07) is 9.14. The highest BCUT2D eigenvalue weighted by Gasteiger charge is 2.42. The molecule has 2 atom stereocenters. The smallest absolute Gasteiger partial charge is 0.169 e. The molecule has 1 aliphatic heterocycles. The van der Waals surface area contributed by atoms with Crippen LogP contribution in [0.25, 0.3) is 0 Å². The first-order valence-corrected chi connectivity index (χ1v) is 8.86. The van der Waals surface area contributed by atoms with Gasteiger partial charge < -0.3 is 4.39 Å². The Morgan fingerprint density at radius 3 is 2.47 bits per heavy atom. The molecule has 0 aliphatic carbocycles. The van der Waals surface area contributed by atoms with Crippen LogP contribution in [0.15, 0.2) is 24.3 Å². The van der Waals surface area contributed by atoms with Gasteiger partial charge in [0, 0.05) is 18.2 Å². The van der Waals surface area contributed by atoms with Gasteiger partial charge in [-0.1, -0.05) is 43.9 Å². The van der Waals surface area contributed by atoms with E-state index in [-0.39, 0.29) is 0 Å². The van der Waals surface area contributed by atoms with Gasteiger partial charge in [-0.2, -0.15) is 0 Å². The molecule has 82 valence electrons. The fraction of sp³-hybridized carbons (Fsp3) is 0.500. The van der Waals surface area contributed by atoms with E-state index in [4.69, 9.17) is 0 Å². The van der Waals surface area contributed by atoms with Gasteiger partial charge in [0.15, 0.2) is 7.98 Å². The van der Waals surface area contributed by atoms with Crippen molar-refractivity contribution >= 4 is 16.1 Å². The highest BCUT2D eigenvalue weighted by atomic mass is 28.3. The van der Waals surface area contributed by atoms with Crippen molar-refractivity contribution in [3.05, 3.63) is 35.4 Å². The second-order valence-electron chi connectivity index (χ2n) is 5.38. The number of benzene rings is 1. The molecule has 0 amide bonds. The van der Waals surface area contributed by atoms with Crippen molar-refractivity contribution in [3.63, 3.8) is 0 Å². The summed E-state index contributed by atoms with van der Waals surface area (Å²) in [6.07, 6.45) is 0. The van der Waals surface area contributed by atoms with Crippen LogP contribution >= 0.6 is 0 Å². The van der Waals surface area contributed by atoms with Gasteiger partial charge in [0.25, 0.3) is 0 Å². The summed E-state index contributed by atoms with van der Waals surface area (Å²) in [7, 11) is 1.76. The number of hydrogen-bond acceptors (Lipinski definition) is 0. The Hall–Kier alpha value is -0.538. The Kier molecular flexibility index (Phi) is 2.36. The predicted octanol–water partition coefficient (Wildman–Crippen LogP) is 1.85. The van der Waals surface area contributed by atoms with E-state index in [0.717, 1.165) is 5.67 Å². The lowest BCUT2D eigenvalue weighted by Gasteiger charge is -2.46. The Morgan fingerprint density at radius 1 is 1.27 bits per heavy atom. The average molecular weight is 219 g/mol. The van der Waals surface area contributed by atoms with Crippen LogP contribution in [0.4, 0.5) is 0 Å². The maximum Gasteiger partial charge on any atom is 0.169 e. The van der Waals surface area contributed by atoms with E-state index in [1.54, 1.807) is 11.1 Å². The third-order valence-electron chi connectivity index (χ3n) is 3.03. The first-order chi connectivity index (χ1) is 6.82. The zero-order valence-corrected chi connectivity index (χ0v) is 10.5. The minimum atomic E-state index is -1.08.